The Labute approximate surface area is 677 Å². The highest BCUT2D eigenvalue weighted by atomic mass is 31.2. The standard InChI is InChI=1S/C93H160O16P2/c1-4-7-10-13-16-19-22-25-28-31-34-37-39-41-42-43-44-46-48-50-52-55-58-61-64-67-70-73-76-79-91(96)103-82-88(94)83-105-110(99,100)106-84-89(95)85-107-111(101,102)108-87-90(109-93(98)81-78-75-72-69-66-63-60-57-54-49-36-33-30-27-24-21-18-15-12-9-6-3)86-104-92(97)80-77-74-71-68-65-62-59-56-53-51-47-45-40-38-35-32-29-26-23-20-17-14-11-8-5-2/h16-21,25-30,34-38,41-42,45,47,49,57,60,88-90,94-95H,4-15,22-24,31-33,39-40,43-44,46,48,50-56,58-59,61-87H2,1-3H3,(H,99,100)(H,101,102)/b19-16-,20-17-,21-18-,28-25-,29-26-,30-27-,37-34-,38-35-,42-41-,47-45-,49-36-,60-57-. The first-order chi connectivity index (χ1) is 54.2. The Morgan fingerprint density at radius 3 is 0.712 bits per heavy atom. The van der Waals surface area contributed by atoms with E-state index in [1.54, 1.807) is 0 Å². The molecule has 0 aromatic carbocycles. The lowest BCUT2D eigenvalue weighted by Gasteiger charge is -2.21. The van der Waals surface area contributed by atoms with Crippen LogP contribution in [-0.4, -0.2) is 95.9 Å². The van der Waals surface area contributed by atoms with Gasteiger partial charge in [-0.25, -0.2) is 9.13 Å². The van der Waals surface area contributed by atoms with Crippen LogP contribution in [0.1, 0.15) is 367 Å². The highest BCUT2D eigenvalue weighted by molar-refractivity contribution is 7.47. The van der Waals surface area contributed by atoms with Crippen LogP contribution >= 0.6 is 15.6 Å². The average Bonchev–Trinajstić information content (AvgIpc) is 0.898. The van der Waals surface area contributed by atoms with E-state index in [4.69, 9.17) is 32.3 Å². The number of aliphatic hydroxyl groups excluding tert-OH is 2. The minimum absolute atomic E-state index is 0.0787. The molecular formula is C93H160O16P2. The first kappa shape index (κ1) is 106. The highest BCUT2D eigenvalue weighted by Crippen LogP contribution is 2.45. The number of carbonyl (C=O) groups is 3. The van der Waals surface area contributed by atoms with Gasteiger partial charge in [0, 0.05) is 19.3 Å². The maximum Gasteiger partial charge on any atom is 0.472 e. The minimum Gasteiger partial charge on any atom is -0.463 e. The van der Waals surface area contributed by atoms with E-state index in [2.05, 4.69) is 167 Å². The summed E-state index contributed by atoms with van der Waals surface area (Å²) in [4.78, 5) is 58.9. The van der Waals surface area contributed by atoms with Crippen molar-refractivity contribution in [2.75, 3.05) is 39.6 Å². The van der Waals surface area contributed by atoms with Crippen molar-refractivity contribution in [3.8, 4) is 0 Å². The van der Waals surface area contributed by atoms with Crippen LogP contribution in [0.15, 0.2) is 146 Å². The van der Waals surface area contributed by atoms with Crippen LogP contribution in [-0.2, 0) is 55.8 Å². The van der Waals surface area contributed by atoms with Gasteiger partial charge in [-0.3, -0.25) is 32.5 Å². The molecule has 0 heterocycles. The lowest BCUT2D eigenvalue weighted by molar-refractivity contribution is -0.161. The average molecular weight is 1600 g/mol. The number of allylic oxidation sites excluding steroid dienone is 24. The molecule has 5 atom stereocenters. The zero-order valence-corrected chi connectivity index (χ0v) is 71.9. The number of phosphoric ester groups is 2. The van der Waals surface area contributed by atoms with Gasteiger partial charge in [0.1, 0.15) is 25.4 Å². The second kappa shape index (κ2) is 84.8. The molecule has 0 aromatic heterocycles. The Bertz CT molecular complexity index is 2600. The summed E-state index contributed by atoms with van der Waals surface area (Å²) in [5.41, 5.74) is 0. The predicted molar refractivity (Wildman–Crippen MR) is 463 cm³/mol. The van der Waals surface area contributed by atoms with Crippen LogP contribution in [0, 0.1) is 0 Å². The van der Waals surface area contributed by atoms with Crippen LogP contribution in [0.25, 0.3) is 0 Å². The van der Waals surface area contributed by atoms with Crippen molar-refractivity contribution in [2.24, 2.45) is 0 Å². The third-order valence-corrected chi connectivity index (χ3v) is 20.4. The van der Waals surface area contributed by atoms with Crippen molar-refractivity contribution < 1.29 is 75.8 Å². The lowest BCUT2D eigenvalue weighted by Crippen LogP contribution is -2.30. The fourth-order valence-electron chi connectivity index (χ4n) is 11.8. The number of ether oxygens (including phenoxy) is 3. The van der Waals surface area contributed by atoms with Crippen LogP contribution in [0.4, 0.5) is 0 Å². The van der Waals surface area contributed by atoms with Gasteiger partial charge in [0.05, 0.1) is 26.4 Å². The molecule has 0 aromatic rings. The molecule has 0 rings (SSSR count). The highest BCUT2D eigenvalue weighted by Gasteiger charge is 2.29. The lowest BCUT2D eigenvalue weighted by atomic mass is 10.0. The summed E-state index contributed by atoms with van der Waals surface area (Å²) in [6.45, 7) is 2.60. The Morgan fingerprint density at radius 1 is 0.252 bits per heavy atom. The number of hydrogen-bond acceptors (Lipinski definition) is 14. The molecule has 0 spiro atoms. The molecule has 638 valence electrons. The van der Waals surface area contributed by atoms with Gasteiger partial charge in [0.15, 0.2) is 6.10 Å². The summed E-state index contributed by atoms with van der Waals surface area (Å²) in [7, 11) is -9.82. The van der Waals surface area contributed by atoms with Crippen LogP contribution in [0.3, 0.4) is 0 Å². The third kappa shape index (κ3) is 86.1. The number of hydrogen-bond donors (Lipinski definition) is 4. The summed E-state index contributed by atoms with van der Waals surface area (Å²) < 4.78 is 61.4. The first-order valence-electron chi connectivity index (χ1n) is 44.1. The molecule has 0 aliphatic carbocycles. The molecule has 4 N–H and O–H groups in total. The van der Waals surface area contributed by atoms with E-state index in [0.29, 0.717) is 19.3 Å². The second-order valence-corrected chi connectivity index (χ2v) is 32.2. The molecule has 0 aliphatic heterocycles. The van der Waals surface area contributed by atoms with Crippen molar-refractivity contribution in [2.45, 2.75) is 386 Å². The van der Waals surface area contributed by atoms with Crippen molar-refractivity contribution in [1.82, 2.24) is 0 Å². The number of carbonyl (C=O) groups excluding carboxylic acids is 3. The molecule has 0 aliphatic rings. The zero-order chi connectivity index (χ0) is 80.8. The molecule has 5 unspecified atom stereocenters. The molecular weight excluding hydrogens is 1430 g/mol. The van der Waals surface area contributed by atoms with Gasteiger partial charge < -0.3 is 34.2 Å². The number of phosphoric acid groups is 2. The van der Waals surface area contributed by atoms with Gasteiger partial charge in [-0.2, -0.15) is 0 Å². The van der Waals surface area contributed by atoms with Gasteiger partial charge in [-0.1, -0.05) is 340 Å². The van der Waals surface area contributed by atoms with E-state index in [1.807, 2.05) is 0 Å². The topological polar surface area (TPSA) is 231 Å². The molecule has 0 fully saturated rings. The summed E-state index contributed by atoms with van der Waals surface area (Å²) in [5, 5.41) is 20.7. The summed E-state index contributed by atoms with van der Waals surface area (Å²) >= 11 is 0. The third-order valence-electron chi connectivity index (χ3n) is 18.5. The van der Waals surface area contributed by atoms with Crippen molar-refractivity contribution in [3.05, 3.63) is 146 Å². The van der Waals surface area contributed by atoms with Crippen molar-refractivity contribution in [3.63, 3.8) is 0 Å². The van der Waals surface area contributed by atoms with E-state index in [1.165, 1.54) is 154 Å². The van der Waals surface area contributed by atoms with Gasteiger partial charge in [0.25, 0.3) is 0 Å². The summed E-state index contributed by atoms with van der Waals surface area (Å²) in [5.74, 6) is -1.60. The Hall–Kier alpha value is -4.57. The van der Waals surface area contributed by atoms with E-state index in [9.17, 15) is 43.5 Å². The summed E-state index contributed by atoms with van der Waals surface area (Å²) in [6.07, 6.45) is 106. The molecule has 0 radical (unpaired) electrons. The van der Waals surface area contributed by atoms with Gasteiger partial charge in [-0.15, -0.1) is 0 Å². The fourth-order valence-corrected chi connectivity index (χ4v) is 13.3. The van der Waals surface area contributed by atoms with Crippen molar-refractivity contribution >= 4 is 33.6 Å². The van der Waals surface area contributed by atoms with E-state index < -0.39 is 91.5 Å². The SMILES string of the molecule is CCCCC/C=C\C/C=C\C/C=C\C/C=C\CCCCCCCCCCCCCCCC(=O)OCC(O)COP(=O)(O)OCC(O)COP(=O)(O)OCC(COC(=O)CCCCCCCCCCC/C=C\C/C=C\C/C=C\C/C=C\CCCCC)OC(=O)CCCCCCC/C=C\C/C=C\C/C=C\C/C=C\CCCCC. The number of unbranched alkanes of at least 4 members (excludes halogenated alkanes) is 36. The molecule has 18 heteroatoms. The van der Waals surface area contributed by atoms with Crippen LogP contribution in [0.5, 0.6) is 0 Å². The maximum absolute atomic E-state index is 13.0. The van der Waals surface area contributed by atoms with E-state index in [0.717, 1.165) is 154 Å². The zero-order valence-electron chi connectivity index (χ0n) is 70.1. The largest absolute Gasteiger partial charge is 0.472 e. The minimum atomic E-state index is -4.95. The normalized spacial score (nSPS) is 14.5. The quantitative estimate of drug-likeness (QED) is 0.0146. The fraction of sp³-hybridized carbons (Fsp3) is 0.710. The Kier molecular flexibility index (Phi) is 81.3. The Balaban J connectivity index is 4.64. The monoisotopic (exact) mass is 1600 g/mol. The van der Waals surface area contributed by atoms with Crippen LogP contribution < -0.4 is 0 Å². The number of aliphatic hydroxyl groups is 2. The van der Waals surface area contributed by atoms with Crippen molar-refractivity contribution in [1.29, 1.82) is 0 Å². The number of esters is 3. The van der Waals surface area contributed by atoms with Gasteiger partial charge >= 0.3 is 33.6 Å². The molecule has 111 heavy (non-hydrogen) atoms. The Morgan fingerprint density at radius 2 is 0.450 bits per heavy atom. The van der Waals surface area contributed by atoms with Crippen LogP contribution in [0.2, 0.25) is 0 Å². The second-order valence-electron chi connectivity index (χ2n) is 29.3. The molecule has 0 bridgehead atoms. The predicted octanol–water partition coefficient (Wildman–Crippen LogP) is 26.8. The van der Waals surface area contributed by atoms with Gasteiger partial charge in [-0.05, 0) is 154 Å². The molecule has 0 amide bonds. The summed E-state index contributed by atoms with van der Waals surface area (Å²) in [6, 6.07) is 0. The number of rotatable bonds is 83. The van der Waals surface area contributed by atoms with E-state index >= 15 is 0 Å². The molecule has 0 saturated heterocycles. The van der Waals surface area contributed by atoms with E-state index in [-0.39, 0.29) is 19.3 Å². The maximum atomic E-state index is 13.0. The molecule has 0 saturated carbocycles. The smallest absolute Gasteiger partial charge is 0.463 e. The molecule has 16 nitrogen and oxygen atoms in total. The first-order valence-corrected chi connectivity index (χ1v) is 47.1. The van der Waals surface area contributed by atoms with Gasteiger partial charge in [0.2, 0.25) is 0 Å².